The Balaban J connectivity index is 1.75. The van der Waals surface area contributed by atoms with E-state index in [2.05, 4.69) is 5.32 Å². The zero-order chi connectivity index (χ0) is 21.3. The monoisotopic (exact) mass is 443 g/mol. The molecule has 1 fully saturated rings. The van der Waals surface area contributed by atoms with Gasteiger partial charge < -0.3 is 15.0 Å². The molecule has 1 aromatic carbocycles. The van der Waals surface area contributed by atoms with E-state index in [0.29, 0.717) is 45.9 Å². The maximum Gasteiger partial charge on any atom is 0.243 e. The van der Waals surface area contributed by atoms with Gasteiger partial charge in [-0.25, -0.2) is 8.42 Å². The predicted octanol–water partition coefficient (Wildman–Crippen LogP) is 0.925. The first-order valence-electron chi connectivity index (χ1n) is 9.67. The summed E-state index contributed by atoms with van der Waals surface area (Å²) in [7, 11) is -3.48. The van der Waals surface area contributed by atoms with Gasteiger partial charge in [0.05, 0.1) is 29.6 Å². The molecule has 1 aliphatic heterocycles. The van der Waals surface area contributed by atoms with Crippen molar-refractivity contribution < 1.29 is 22.7 Å². The molecule has 1 saturated heterocycles. The lowest BCUT2D eigenvalue weighted by Gasteiger charge is -2.26. The van der Waals surface area contributed by atoms with Crippen LogP contribution in [-0.4, -0.2) is 80.3 Å². The van der Waals surface area contributed by atoms with Crippen LogP contribution in [0.25, 0.3) is 0 Å². The van der Waals surface area contributed by atoms with Gasteiger partial charge in [-0.2, -0.15) is 4.31 Å². The number of carbonyl (C=O) groups is 2. The smallest absolute Gasteiger partial charge is 0.243 e. The fourth-order valence-electron chi connectivity index (χ4n) is 2.88. The van der Waals surface area contributed by atoms with Crippen molar-refractivity contribution in [1.29, 1.82) is 0 Å². The number of benzene rings is 1. The van der Waals surface area contributed by atoms with Crippen LogP contribution in [0.5, 0.6) is 0 Å². The van der Waals surface area contributed by atoms with Gasteiger partial charge in [0.2, 0.25) is 21.8 Å². The minimum absolute atomic E-state index is 0.0242. The highest BCUT2D eigenvalue weighted by Gasteiger charge is 2.21. The number of carbonyl (C=O) groups excluding carboxylic acids is 2. The standard InChI is InChI=1S/C19H29N3O5S2/c1-3-22(4-2)29(25,26)17-7-5-16(6-8-17)13-20-18(23)14-28-15-19(24)21-9-11-27-12-10-21/h5-8H,3-4,9-15H2,1-2H3,(H,20,23). The summed E-state index contributed by atoms with van der Waals surface area (Å²) < 4.78 is 31.6. The summed E-state index contributed by atoms with van der Waals surface area (Å²) in [4.78, 5) is 26.0. The molecule has 0 radical (unpaired) electrons. The van der Waals surface area contributed by atoms with Crippen LogP contribution in [0.1, 0.15) is 19.4 Å². The topological polar surface area (TPSA) is 96.0 Å². The second-order valence-electron chi connectivity index (χ2n) is 6.50. The van der Waals surface area contributed by atoms with Crippen LogP contribution in [0.2, 0.25) is 0 Å². The molecule has 0 spiro atoms. The second kappa shape index (κ2) is 11.5. The van der Waals surface area contributed by atoms with Gasteiger partial charge in [-0.05, 0) is 17.7 Å². The highest BCUT2D eigenvalue weighted by Crippen LogP contribution is 2.16. The number of sulfonamides is 1. The van der Waals surface area contributed by atoms with Gasteiger partial charge in [-0.1, -0.05) is 26.0 Å². The van der Waals surface area contributed by atoms with E-state index in [0.717, 1.165) is 5.56 Å². The van der Waals surface area contributed by atoms with Crippen LogP contribution in [0.15, 0.2) is 29.2 Å². The van der Waals surface area contributed by atoms with Crippen LogP contribution in [-0.2, 0) is 30.9 Å². The van der Waals surface area contributed by atoms with E-state index in [9.17, 15) is 18.0 Å². The Morgan fingerprint density at radius 1 is 1.10 bits per heavy atom. The van der Waals surface area contributed by atoms with Crippen LogP contribution in [0.4, 0.5) is 0 Å². The molecular formula is C19H29N3O5S2. The van der Waals surface area contributed by atoms with E-state index in [1.165, 1.54) is 16.1 Å². The maximum absolute atomic E-state index is 12.5. The lowest BCUT2D eigenvalue weighted by atomic mass is 10.2. The average Bonchev–Trinajstić information content (AvgIpc) is 2.73. The van der Waals surface area contributed by atoms with Crippen LogP contribution < -0.4 is 5.32 Å². The summed E-state index contributed by atoms with van der Waals surface area (Å²) in [5.74, 6) is 0.330. The Kier molecular flexibility index (Phi) is 9.41. The van der Waals surface area contributed by atoms with Crippen molar-refractivity contribution in [3.05, 3.63) is 29.8 Å². The predicted molar refractivity (Wildman–Crippen MR) is 113 cm³/mol. The Bertz CT molecular complexity index is 774. The van der Waals surface area contributed by atoms with Gasteiger partial charge in [-0.15, -0.1) is 11.8 Å². The molecule has 1 heterocycles. The van der Waals surface area contributed by atoms with E-state index in [1.54, 1.807) is 43.0 Å². The first kappa shape index (κ1) is 23.7. The molecule has 0 aliphatic carbocycles. The zero-order valence-electron chi connectivity index (χ0n) is 16.9. The third-order valence-corrected chi connectivity index (χ3v) is 7.56. The van der Waals surface area contributed by atoms with Crippen molar-refractivity contribution in [2.24, 2.45) is 0 Å². The summed E-state index contributed by atoms with van der Waals surface area (Å²) in [6.45, 7) is 7.08. The molecule has 2 amide bonds. The fourth-order valence-corrected chi connectivity index (χ4v) is 5.08. The number of rotatable bonds is 10. The summed E-state index contributed by atoms with van der Waals surface area (Å²) in [6, 6.07) is 6.52. The normalized spacial score (nSPS) is 14.8. The maximum atomic E-state index is 12.5. The largest absolute Gasteiger partial charge is 0.378 e. The van der Waals surface area contributed by atoms with Crippen LogP contribution in [0.3, 0.4) is 0 Å². The summed E-state index contributed by atoms with van der Waals surface area (Å²) in [5.41, 5.74) is 0.811. The molecule has 2 rings (SSSR count). The van der Waals surface area contributed by atoms with Crippen molar-refractivity contribution in [2.45, 2.75) is 25.3 Å². The van der Waals surface area contributed by atoms with Gasteiger partial charge >= 0.3 is 0 Å². The van der Waals surface area contributed by atoms with Crippen molar-refractivity contribution in [1.82, 2.24) is 14.5 Å². The molecule has 0 saturated carbocycles. The third kappa shape index (κ3) is 6.98. The van der Waals surface area contributed by atoms with Crippen molar-refractivity contribution in [2.75, 3.05) is 50.9 Å². The molecule has 0 unspecified atom stereocenters. The molecule has 1 N–H and O–H groups in total. The molecule has 29 heavy (non-hydrogen) atoms. The molecule has 10 heteroatoms. The molecule has 1 aliphatic rings. The number of morpholine rings is 1. The highest BCUT2D eigenvalue weighted by atomic mass is 32.2. The first-order valence-corrected chi connectivity index (χ1v) is 12.3. The Labute approximate surface area is 177 Å². The minimum Gasteiger partial charge on any atom is -0.378 e. The molecule has 0 atom stereocenters. The quantitative estimate of drug-likeness (QED) is 0.578. The van der Waals surface area contributed by atoms with E-state index < -0.39 is 10.0 Å². The van der Waals surface area contributed by atoms with Gasteiger partial charge in [0, 0.05) is 32.7 Å². The van der Waals surface area contributed by atoms with Gasteiger partial charge in [-0.3, -0.25) is 9.59 Å². The lowest BCUT2D eigenvalue weighted by Crippen LogP contribution is -2.41. The highest BCUT2D eigenvalue weighted by molar-refractivity contribution is 8.00. The molecule has 0 bridgehead atoms. The number of nitrogens with zero attached hydrogens (tertiary/aromatic N) is 2. The summed E-state index contributed by atoms with van der Waals surface area (Å²) >= 11 is 1.28. The Morgan fingerprint density at radius 3 is 2.31 bits per heavy atom. The molecule has 8 nitrogen and oxygen atoms in total. The Hall–Kier alpha value is -1.62. The van der Waals surface area contributed by atoms with E-state index >= 15 is 0 Å². The van der Waals surface area contributed by atoms with E-state index in [-0.39, 0.29) is 28.2 Å². The van der Waals surface area contributed by atoms with Gasteiger partial charge in [0.15, 0.2) is 0 Å². The lowest BCUT2D eigenvalue weighted by molar-refractivity contribution is -0.132. The number of amides is 2. The van der Waals surface area contributed by atoms with Crippen molar-refractivity contribution in [3.8, 4) is 0 Å². The third-order valence-electron chi connectivity index (χ3n) is 4.58. The molecular weight excluding hydrogens is 414 g/mol. The van der Waals surface area contributed by atoms with Crippen molar-refractivity contribution in [3.63, 3.8) is 0 Å². The first-order chi connectivity index (χ1) is 13.9. The van der Waals surface area contributed by atoms with Gasteiger partial charge in [0.1, 0.15) is 0 Å². The van der Waals surface area contributed by atoms with Crippen LogP contribution in [0, 0.1) is 0 Å². The fraction of sp³-hybridized carbons (Fsp3) is 0.579. The number of hydrogen-bond donors (Lipinski definition) is 1. The van der Waals surface area contributed by atoms with Gasteiger partial charge in [0.25, 0.3) is 0 Å². The second-order valence-corrected chi connectivity index (χ2v) is 9.42. The molecule has 0 aromatic heterocycles. The number of ether oxygens (including phenoxy) is 1. The number of hydrogen-bond acceptors (Lipinski definition) is 6. The SMILES string of the molecule is CCN(CC)S(=O)(=O)c1ccc(CNC(=O)CSCC(=O)N2CCOCC2)cc1. The Morgan fingerprint density at radius 2 is 1.72 bits per heavy atom. The summed E-state index contributed by atoms with van der Waals surface area (Å²) in [6.07, 6.45) is 0. The summed E-state index contributed by atoms with van der Waals surface area (Å²) in [5, 5.41) is 2.79. The number of thioether (sulfide) groups is 1. The molecule has 162 valence electrons. The zero-order valence-corrected chi connectivity index (χ0v) is 18.6. The average molecular weight is 444 g/mol. The number of nitrogens with one attached hydrogen (secondary N) is 1. The van der Waals surface area contributed by atoms with Crippen molar-refractivity contribution >= 4 is 33.6 Å². The van der Waals surface area contributed by atoms with Crippen LogP contribution >= 0.6 is 11.8 Å². The minimum atomic E-state index is -3.48. The van der Waals surface area contributed by atoms with E-state index in [1.807, 2.05) is 0 Å². The van der Waals surface area contributed by atoms with E-state index in [4.69, 9.17) is 4.74 Å². The molecule has 1 aromatic rings.